The molecule has 0 aliphatic rings. The van der Waals surface area contributed by atoms with Crippen molar-refractivity contribution in [1.82, 2.24) is 4.98 Å². The Labute approximate surface area is 90.4 Å². The van der Waals surface area contributed by atoms with Crippen molar-refractivity contribution in [2.24, 2.45) is 0 Å². The van der Waals surface area contributed by atoms with E-state index in [-0.39, 0.29) is 11.5 Å². The molecule has 0 aliphatic carbocycles. The minimum absolute atomic E-state index is 0.150. The Bertz CT molecular complexity index is 490. The third kappa shape index (κ3) is 1.94. The maximum atomic E-state index is 12.6. The Morgan fingerprint density at radius 1 is 1.40 bits per heavy atom. The van der Waals surface area contributed by atoms with Crippen LogP contribution in [0.15, 0.2) is 29.8 Å². The number of rotatable bonds is 2. The summed E-state index contributed by atoms with van der Waals surface area (Å²) in [4.78, 5) is 16.3. The normalized spacial score (nSPS) is 10.3. The standard InChI is InChI=1S/C11H8FNOS/c1-7-4-5-15-11(7)10(14)9-3-2-8(12)6-13-9/h2-6H,1H3. The predicted molar refractivity (Wildman–Crippen MR) is 56.7 cm³/mol. The number of hydrogen-bond acceptors (Lipinski definition) is 3. The van der Waals surface area contributed by atoms with E-state index in [1.54, 1.807) is 0 Å². The highest BCUT2D eigenvalue weighted by atomic mass is 32.1. The number of hydrogen-bond donors (Lipinski definition) is 0. The van der Waals surface area contributed by atoms with Crippen molar-refractivity contribution >= 4 is 17.1 Å². The lowest BCUT2D eigenvalue weighted by Gasteiger charge is -1.98. The topological polar surface area (TPSA) is 30.0 Å². The van der Waals surface area contributed by atoms with Gasteiger partial charge >= 0.3 is 0 Å². The van der Waals surface area contributed by atoms with Crippen molar-refractivity contribution in [3.8, 4) is 0 Å². The molecule has 15 heavy (non-hydrogen) atoms. The molecule has 0 N–H and O–H groups in total. The van der Waals surface area contributed by atoms with Crippen molar-refractivity contribution in [3.05, 3.63) is 51.7 Å². The highest BCUT2D eigenvalue weighted by Gasteiger charge is 2.13. The van der Waals surface area contributed by atoms with E-state index in [0.717, 1.165) is 11.8 Å². The van der Waals surface area contributed by atoms with Crippen molar-refractivity contribution < 1.29 is 9.18 Å². The number of ketones is 1. The van der Waals surface area contributed by atoms with Crippen LogP contribution in [-0.4, -0.2) is 10.8 Å². The van der Waals surface area contributed by atoms with Gasteiger partial charge in [0.15, 0.2) is 0 Å². The molecule has 76 valence electrons. The lowest BCUT2D eigenvalue weighted by Crippen LogP contribution is -2.03. The molecule has 0 saturated heterocycles. The Morgan fingerprint density at radius 2 is 2.20 bits per heavy atom. The molecule has 4 heteroatoms. The van der Waals surface area contributed by atoms with Gasteiger partial charge in [-0.1, -0.05) is 0 Å². The van der Waals surface area contributed by atoms with Crippen LogP contribution >= 0.6 is 11.3 Å². The van der Waals surface area contributed by atoms with E-state index in [4.69, 9.17) is 0 Å². The van der Waals surface area contributed by atoms with Gasteiger partial charge in [0.2, 0.25) is 5.78 Å². The third-order valence-electron chi connectivity index (χ3n) is 2.03. The van der Waals surface area contributed by atoms with Gasteiger partial charge in [-0.15, -0.1) is 11.3 Å². The molecule has 0 unspecified atom stereocenters. The summed E-state index contributed by atoms with van der Waals surface area (Å²) in [6.45, 7) is 1.87. The monoisotopic (exact) mass is 221 g/mol. The molecule has 0 aliphatic heterocycles. The first-order chi connectivity index (χ1) is 7.18. The van der Waals surface area contributed by atoms with Crippen LogP contribution in [0.5, 0.6) is 0 Å². The van der Waals surface area contributed by atoms with Gasteiger partial charge in [-0.2, -0.15) is 0 Å². The van der Waals surface area contributed by atoms with Crippen molar-refractivity contribution in [1.29, 1.82) is 0 Å². The summed E-state index contributed by atoms with van der Waals surface area (Å²) in [5.74, 6) is -0.586. The molecule has 2 rings (SSSR count). The van der Waals surface area contributed by atoms with Crippen LogP contribution in [0.2, 0.25) is 0 Å². The zero-order chi connectivity index (χ0) is 10.8. The first kappa shape index (κ1) is 9.98. The molecule has 0 atom stereocenters. The second kappa shape index (κ2) is 3.90. The van der Waals surface area contributed by atoms with Crippen LogP contribution in [-0.2, 0) is 0 Å². The van der Waals surface area contributed by atoms with Gasteiger partial charge < -0.3 is 0 Å². The first-order valence-electron chi connectivity index (χ1n) is 4.39. The van der Waals surface area contributed by atoms with Gasteiger partial charge in [0, 0.05) is 0 Å². The van der Waals surface area contributed by atoms with Crippen LogP contribution in [0.25, 0.3) is 0 Å². The molecule has 0 saturated carbocycles. The first-order valence-corrected chi connectivity index (χ1v) is 5.27. The number of aromatic nitrogens is 1. The largest absolute Gasteiger partial charge is 0.286 e. The summed E-state index contributed by atoms with van der Waals surface area (Å²) in [6, 6.07) is 4.52. The molecule has 0 radical (unpaired) electrons. The molecular weight excluding hydrogens is 213 g/mol. The van der Waals surface area contributed by atoms with Crippen LogP contribution in [0.3, 0.4) is 0 Å². The number of carbonyl (C=O) groups is 1. The lowest BCUT2D eigenvalue weighted by atomic mass is 10.1. The summed E-state index contributed by atoms with van der Waals surface area (Å²) in [5.41, 5.74) is 1.21. The molecule has 2 heterocycles. The van der Waals surface area contributed by atoms with Crippen molar-refractivity contribution in [2.75, 3.05) is 0 Å². The van der Waals surface area contributed by atoms with Crippen LogP contribution in [0, 0.1) is 12.7 Å². The molecule has 0 spiro atoms. The van der Waals surface area contributed by atoms with E-state index in [0.29, 0.717) is 4.88 Å². The lowest BCUT2D eigenvalue weighted by molar-refractivity contribution is 0.103. The maximum absolute atomic E-state index is 12.6. The number of thiophene rings is 1. The molecule has 2 nitrogen and oxygen atoms in total. The highest BCUT2D eigenvalue weighted by molar-refractivity contribution is 7.12. The Morgan fingerprint density at radius 3 is 2.73 bits per heavy atom. The molecule has 0 fully saturated rings. The van der Waals surface area contributed by atoms with Crippen LogP contribution in [0.1, 0.15) is 20.9 Å². The van der Waals surface area contributed by atoms with Crippen molar-refractivity contribution in [2.45, 2.75) is 6.92 Å². The fourth-order valence-corrected chi connectivity index (χ4v) is 2.11. The molecular formula is C11H8FNOS. The number of nitrogens with zero attached hydrogens (tertiary/aromatic N) is 1. The summed E-state index contributed by atoms with van der Waals surface area (Å²) in [7, 11) is 0. The Kier molecular flexibility index (Phi) is 2.60. The molecule has 2 aromatic rings. The summed E-state index contributed by atoms with van der Waals surface area (Å²) in [6.07, 6.45) is 1.05. The zero-order valence-electron chi connectivity index (χ0n) is 8.03. The van der Waals surface area contributed by atoms with E-state index >= 15 is 0 Å². The molecule has 0 aromatic carbocycles. The van der Waals surface area contributed by atoms with Gasteiger partial charge in [-0.25, -0.2) is 9.37 Å². The molecule has 2 aromatic heterocycles. The van der Waals surface area contributed by atoms with Gasteiger partial charge in [0.05, 0.1) is 11.1 Å². The van der Waals surface area contributed by atoms with Gasteiger partial charge in [-0.3, -0.25) is 4.79 Å². The molecule has 0 amide bonds. The number of pyridine rings is 1. The summed E-state index contributed by atoms with van der Waals surface area (Å²) < 4.78 is 12.6. The van der Waals surface area contributed by atoms with Crippen LogP contribution in [0.4, 0.5) is 4.39 Å². The number of halogens is 1. The minimum Gasteiger partial charge on any atom is -0.286 e. The fourth-order valence-electron chi connectivity index (χ4n) is 1.23. The van der Waals surface area contributed by atoms with Gasteiger partial charge in [0.1, 0.15) is 11.5 Å². The third-order valence-corrected chi connectivity index (χ3v) is 3.04. The maximum Gasteiger partial charge on any atom is 0.221 e. The second-order valence-electron chi connectivity index (χ2n) is 3.12. The highest BCUT2D eigenvalue weighted by Crippen LogP contribution is 2.18. The van der Waals surface area contributed by atoms with E-state index in [1.807, 2.05) is 18.4 Å². The predicted octanol–water partition coefficient (Wildman–Crippen LogP) is 2.82. The smallest absolute Gasteiger partial charge is 0.221 e. The fraction of sp³-hybridized carbons (Fsp3) is 0.0909. The van der Waals surface area contributed by atoms with E-state index < -0.39 is 5.82 Å². The molecule has 0 bridgehead atoms. The second-order valence-corrected chi connectivity index (χ2v) is 4.04. The van der Waals surface area contributed by atoms with E-state index in [1.165, 1.54) is 23.5 Å². The average molecular weight is 221 g/mol. The average Bonchev–Trinajstić information content (AvgIpc) is 2.65. The van der Waals surface area contributed by atoms with Gasteiger partial charge in [0.25, 0.3) is 0 Å². The summed E-state index contributed by atoms with van der Waals surface area (Å²) in [5, 5.41) is 1.85. The van der Waals surface area contributed by atoms with E-state index in [2.05, 4.69) is 4.98 Å². The van der Waals surface area contributed by atoms with Crippen molar-refractivity contribution in [3.63, 3.8) is 0 Å². The Hall–Kier alpha value is -1.55. The number of aryl methyl sites for hydroxylation is 1. The summed E-state index contributed by atoms with van der Waals surface area (Å²) >= 11 is 1.37. The zero-order valence-corrected chi connectivity index (χ0v) is 8.84. The van der Waals surface area contributed by atoms with Crippen LogP contribution < -0.4 is 0 Å². The van der Waals surface area contributed by atoms with Gasteiger partial charge in [-0.05, 0) is 36.1 Å². The van der Waals surface area contributed by atoms with E-state index in [9.17, 15) is 9.18 Å². The Balaban J connectivity index is 2.37. The quantitative estimate of drug-likeness (QED) is 0.730. The number of carbonyl (C=O) groups excluding carboxylic acids is 1. The minimum atomic E-state index is -0.436. The SMILES string of the molecule is Cc1ccsc1C(=O)c1ccc(F)cn1.